The monoisotopic (exact) mass is 382 g/mol. The number of amides is 1. The van der Waals surface area contributed by atoms with E-state index in [1.165, 1.54) is 11.8 Å². The number of amidine groups is 1. The SMILES string of the molecule is CCC(Oc1cccc(/C=C2/SC(=Nc3ccccc3)NC2=O)c1)C(=O)O. The number of rotatable bonds is 6. The second-order valence-corrected chi connectivity index (χ2v) is 6.77. The van der Waals surface area contributed by atoms with Crippen molar-refractivity contribution in [1.82, 2.24) is 5.32 Å². The Kier molecular flexibility index (Phi) is 5.93. The predicted octanol–water partition coefficient (Wildman–Crippen LogP) is 3.82. The van der Waals surface area contributed by atoms with E-state index in [9.17, 15) is 9.59 Å². The van der Waals surface area contributed by atoms with Gasteiger partial charge >= 0.3 is 5.97 Å². The van der Waals surface area contributed by atoms with Crippen molar-refractivity contribution in [2.24, 2.45) is 4.99 Å². The molecule has 1 heterocycles. The zero-order chi connectivity index (χ0) is 19.2. The summed E-state index contributed by atoms with van der Waals surface area (Å²) in [5.41, 5.74) is 1.50. The quantitative estimate of drug-likeness (QED) is 0.742. The van der Waals surface area contributed by atoms with E-state index < -0.39 is 12.1 Å². The van der Waals surface area contributed by atoms with Crippen LogP contribution >= 0.6 is 11.8 Å². The molecule has 1 fully saturated rings. The van der Waals surface area contributed by atoms with Gasteiger partial charge in [0.25, 0.3) is 5.91 Å². The number of carboxylic acids is 1. The Labute approximate surface area is 161 Å². The number of carboxylic acid groups (broad SMARTS) is 1. The number of thioether (sulfide) groups is 1. The molecule has 1 aliphatic heterocycles. The summed E-state index contributed by atoms with van der Waals surface area (Å²) < 4.78 is 5.50. The van der Waals surface area contributed by atoms with E-state index in [-0.39, 0.29) is 5.91 Å². The van der Waals surface area contributed by atoms with Crippen molar-refractivity contribution in [2.75, 3.05) is 0 Å². The summed E-state index contributed by atoms with van der Waals surface area (Å²) in [5.74, 6) is -0.785. The number of aliphatic carboxylic acids is 1. The predicted molar refractivity (Wildman–Crippen MR) is 106 cm³/mol. The van der Waals surface area contributed by atoms with E-state index in [0.717, 1.165) is 11.3 Å². The molecule has 1 unspecified atom stereocenters. The fourth-order valence-electron chi connectivity index (χ4n) is 2.40. The first-order chi connectivity index (χ1) is 13.0. The molecule has 1 amide bonds. The molecular weight excluding hydrogens is 364 g/mol. The number of aliphatic imine (C=N–C) groups is 1. The molecule has 138 valence electrons. The summed E-state index contributed by atoms with van der Waals surface area (Å²) in [6.07, 6.45) is 1.18. The van der Waals surface area contributed by atoms with E-state index >= 15 is 0 Å². The highest BCUT2D eigenvalue weighted by atomic mass is 32.2. The second-order valence-electron chi connectivity index (χ2n) is 5.74. The van der Waals surface area contributed by atoms with Crippen molar-refractivity contribution in [3.63, 3.8) is 0 Å². The number of nitrogens with zero attached hydrogens (tertiary/aromatic N) is 1. The molecule has 1 saturated heterocycles. The molecule has 2 aromatic rings. The fraction of sp³-hybridized carbons (Fsp3) is 0.150. The third-order valence-electron chi connectivity index (χ3n) is 3.72. The Balaban J connectivity index is 1.77. The van der Waals surface area contributed by atoms with Crippen molar-refractivity contribution >= 4 is 40.6 Å². The molecule has 0 saturated carbocycles. The minimum Gasteiger partial charge on any atom is -0.479 e. The van der Waals surface area contributed by atoms with Gasteiger partial charge in [0.2, 0.25) is 0 Å². The summed E-state index contributed by atoms with van der Waals surface area (Å²) in [6.45, 7) is 1.75. The van der Waals surface area contributed by atoms with Crippen LogP contribution in [0.3, 0.4) is 0 Å². The first kappa shape index (κ1) is 18.7. The van der Waals surface area contributed by atoms with Crippen LogP contribution in [0.15, 0.2) is 64.5 Å². The molecule has 0 radical (unpaired) electrons. The van der Waals surface area contributed by atoms with E-state index in [0.29, 0.717) is 22.2 Å². The molecule has 0 bridgehead atoms. The van der Waals surface area contributed by atoms with Crippen LogP contribution in [0.25, 0.3) is 6.08 Å². The lowest BCUT2D eigenvalue weighted by molar-refractivity contribution is -0.145. The number of nitrogens with one attached hydrogen (secondary N) is 1. The molecule has 1 atom stereocenters. The third kappa shape index (κ3) is 4.98. The molecule has 6 nitrogen and oxygen atoms in total. The Morgan fingerprint density at radius 1 is 1.26 bits per heavy atom. The summed E-state index contributed by atoms with van der Waals surface area (Å²) in [4.78, 5) is 28.2. The van der Waals surface area contributed by atoms with Crippen molar-refractivity contribution in [2.45, 2.75) is 19.4 Å². The van der Waals surface area contributed by atoms with Gasteiger partial charge in [0.05, 0.1) is 10.6 Å². The van der Waals surface area contributed by atoms with Crippen LogP contribution in [0.4, 0.5) is 5.69 Å². The van der Waals surface area contributed by atoms with Crippen LogP contribution in [-0.2, 0) is 9.59 Å². The van der Waals surface area contributed by atoms with E-state index in [1.54, 1.807) is 31.2 Å². The molecule has 0 spiro atoms. The molecular formula is C20H18N2O4S. The summed E-state index contributed by atoms with van der Waals surface area (Å²) in [6, 6.07) is 16.3. The first-order valence-electron chi connectivity index (χ1n) is 8.39. The third-order valence-corrected chi connectivity index (χ3v) is 4.63. The molecule has 27 heavy (non-hydrogen) atoms. The van der Waals surface area contributed by atoms with Gasteiger partial charge in [-0.1, -0.05) is 37.3 Å². The van der Waals surface area contributed by atoms with Crippen molar-refractivity contribution in [1.29, 1.82) is 0 Å². The van der Waals surface area contributed by atoms with Crippen molar-refractivity contribution in [3.05, 3.63) is 65.1 Å². The number of hydrogen-bond acceptors (Lipinski definition) is 5. The first-order valence-corrected chi connectivity index (χ1v) is 9.21. The highest BCUT2D eigenvalue weighted by molar-refractivity contribution is 8.18. The van der Waals surface area contributed by atoms with Crippen LogP contribution in [0.2, 0.25) is 0 Å². The maximum absolute atomic E-state index is 12.2. The summed E-state index contributed by atoms with van der Waals surface area (Å²) in [7, 11) is 0. The van der Waals surface area contributed by atoms with Gasteiger partial charge < -0.3 is 15.2 Å². The second kappa shape index (κ2) is 8.55. The smallest absolute Gasteiger partial charge is 0.344 e. The lowest BCUT2D eigenvalue weighted by atomic mass is 10.2. The van der Waals surface area contributed by atoms with Crippen LogP contribution in [0, 0.1) is 0 Å². The average molecular weight is 382 g/mol. The maximum Gasteiger partial charge on any atom is 0.344 e. The summed E-state index contributed by atoms with van der Waals surface area (Å²) in [5, 5.41) is 12.4. The number of carbonyl (C=O) groups excluding carboxylic acids is 1. The van der Waals surface area contributed by atoms with Crippen LogP contribution in [0.5, 0.6) is 5.75 Å². The highest BCUT2D eigenvalue weighted by Crippen LogP contribution is 2.28. The lowest BCUT2D eigenvalue weighted by Gasteiger charge is -2.13. The Bertz CT molecular complexity index is 909. The van der Waals surface area contributed by atoms with E-state index in [2.05, 4.69) is 10.3 Å². The standard InChI is InChI=1S/C20H18N2O4S/c1-2-16(19(24)25)26-15-10-6-7-13(11-15)12-17-18(23)22-20(27-17)21-14-8-4-3-5-9-14/h3-12,16H,2H2,1H3,(H,24,25)(H,21,22,23)/b17-12+. The van der Waals surface area contributed by atoms with Gasteiger partial charge in [-0.05, 0) is 54.1 Å². The number of carbonyl (C=O) groups is 2. The maximum atomic E-state index is 12.2. The van der Waals surface area contributed by atoms with E-state index in [4.69, 9.17) is 9.84 Å². The van der Waals surface area contributed by atoms with Gasteiger partial charge in [0.15, 0.2) is 11.3 Å². The molecule has 3 rings (SSSR count). The molecule has 2 aromatic carbocycles. The zero-order valence-electron chi connectivity index (χ0n) is 14.6. The van der Waals surface area contributed by atoms with Gasteiger partial charge in [-0.3, -0.25) is 4.79 Å². The normalized spacial score (nSPS) is 17.7. The van der Waals surface area contributed by atoms with Gasteiger partial charge in [-0.15, -0.1) is 0 Å². The van der Waals surface area contributed by atoms with Gasteiger partial charge in [0.1, 0.15) is 5.75 Å². The molecule has 0 aliphatic carbocycles. The van der Waals surface area contributed by atoms with Crippen molar-refractivity contribution in [3.8, 4) is 5.75 Å². The molecule has 0 aromatic heterocycles. The van der Waals surface area contributed by atoms with E-state index in [1.807, 2.05) is 36.4 Å². The highest BCUT2D eigenvalue weighted by Gasteiger charge is 2.24. The van der Waals surface area contributed by atoms with Crippen LogP contribution in [0.1, 0.15) is 18.9 Å². The molecule has 1 aliphatic rings. The number of ether oxygens (including phenoxy) is 1. The molecule has 7 heteroatoms. The largest absolute Gasteiger partial charge is 0.479 e. The van der Waals surface area contributed by atoms with Gasteiger partial charge in [0, 0.05) is 0 Å². The summed E-state index contributed by atoms with van der Waals surface area (Å²) >= 11 is 1.25. The van der Waals surface area contributed by atoms with Crippen LogP contribution < -0.4 is 10.1 Å². The topological polar surface area (TPSA) is 88.0 Å². The van der Waals surface area contributed by atoms with Gasteiger partial charge in [-0.25, -0.2) is 9.79 Å². The van der Waals surface area contributed by atoms with Gasteiger partial charge in [-0.2, -0.15) is 0 Å². The Morgan fingerprint density at radius 2 is 2.04 bits per heavy atom. The Morgan fingerprint density at radius 3 is 2.74 bits per heavy atom. The lowest BCUT2D eigenvalue weighted by Crippen LogP contribution is -2.25. The van der Waals surface area contributed by atoms with Crippen molar-refractivity contribution < 1.29 is 19.4 Å². The van der Waals surface area contributed by atoms with Crippen LogP contribution in [-0.4, -0.2) is 28.3 Å². The fourth-order valence-corrected chi connectivity index (χ4v) is 3.24. The average Bonchev–Trinajstić information content (AvgIpc) is 2.99. The Hall–Kier alpha value is -3.06. The zero-order valence-corrected chi connectivity index (χ0v) is 15.4. The minimum atomic E-state index is -1.01. The molecule has 2 N–H and O–H groups in total. The number of para-hydroxylation sites is 1. The number of hydrogen-bond donors (Lipinski definition) is 2. The number of benzene rings is 2. The minimum absolute atomic E-state index is 0.224.